The van der Waals surface area contributed by atoms with Crippen LogP contribution in [0.1, 0.15) is 24.0 Å². The number of piperidine rings is 1. The molecule has 206 valence electrons. The van der Waals surface area contributed by atoms with E-state index in [-0.39, 0.29) is 17.7 Å². The van der Waals surface area contributed by atoms with Crippen LogP contribution in [0.2, 0.25) is 0 Å². The molecule has 0 saturated carbocycles. The van der Waals surface area contributed by atoms with Crippen LogP contribution >= 0.6 is 0 Å². The first-order valence-electron chi connectivity index (χ1n) is 13.6. The molecule has 9 nitrogen and oxygen atoms in total. The van der Waals surface area contributed by atoms with Crippen molar-refractivity contribution in [2.45, 2.75) is 31.7 Å². The quantitative estimate of drug-likeness (QED) is 0.296. The summed E-state index contributed by atoms with van der Waals surface area (Å²) < 4.78 is 0. The second-order valence-corrected chi connectivity index (χ2v) is 10.6. The molecule has 4 heterocycles. The minimum Gasteiger partial charge on any atom is -0.365 e. The van der Waals surface area contributed by atoms with Crippen LogP contribution in [0.15, 0.2) is 73.3 Å². The fourth-order valence-electron chi connectivity index (χ4n) is 5.00. The molecule has 1 amide bonds. The summed E-state index contributed by atoms with van der Waals surface area (Å²) in [5.74, 6) is 0.884. The number of nitrogens with zero attached hydrogens (tertiary/aromatic N) is 5. The molecule has 9 heteroatoms. The molecule has 2 N–H and O–H groups in total. The highest BCUT2D eigenvalue weighted by molar-refractivity contribution is 5.91. The van der Waals surface area contributed by atoms with Crippen molar-refractivity contribution in [1.29, 1.82) is 0 Å². The first-order valence-corrected chi connectivity index (χ1v) is 13.6. The molecule has 3 aromatic heterocycles. The number of rotatable bonds is 10. The Labute approximate surface area is 234 Å². The van der Waals surface area contributed by atoms with E-state index in [0.29, 0.717) is 19.4 Å². The maximum Gasteiger partial charge on any atom is 0.227 e. The summed E-state index contributed by atoms with van der Waals surface area (Å²) in [6.07, 6.45) is 11.3. The van der Waals surface area contributed by atoms with Gasteiger partial charge in [0.15, 0.2) is 5.78 Å². The van der Waals surface area contributed by atoms with Crippen LogP contribution in [-0.2, 0) is 22.4 Å². The molecule has 1 unspecified atom stereocenters. The minimum atomic E-state index is 0.0597. The van der Waals surface area contributed by atoms with Gasteiger partial charge < -0.3 is 20.1 Å². The van der Waals surface area contributed by atoms with Gasteiger partial charge in [0.25, 0.3) is 0 Å². The normalized spacial score (nSPS) is 15.7. The first-order chi connectivity index (χ1) is 19.4. The van der Waals surface area contributed by atoms with Crippen LogP contribution in [0.4, 0.5) is 5.82 Å². The number of likely N-dealkylation sites (tertiary alicyclic amines) is 1. The van der Waals surface area contributed by atoms with Gasteiger partial charge in [-0.05, 0) is 56.3 Å². The molecular weight excluding hydrogens is 502 g/mol. The lowest BCUT2D eigenvalue weighted by Gasteiger charge is -2.33. The first kappa shape index (κ1) is 27.2. The molecule has 0 bridgehead atoms. The summed E-state index contributed by atoms with van der Waals surface area (Å²) in [5.41, 5.74) is 4.41. The molecule has 0 radical (unpaired) electrons. The molecule has 1 aliphatic rings. The standard InChI is InChI=1S/C31H35N7O2/c1-37(2)12-5-9-27(39)15-22-6-3-7-23(14-22)16-30(40)38-13-4-8-26(20-38)36-29-18-28(34-21-35-29)25-17-24-10-11-32-31(24)33-19-25/h3,5-7,9-11,14,17-19,21,26H,4,8,12-13,15-16,20H2,1-2H3,(H,32,33)(H,34,35,36)/b9-5+. The van der Waals surface area contributed by atoms with Crippen LogP contribution in [0.3, 0.4) is 0 Å². The number of anilines is 1. The lowest BCUT2D eigenvalue weighted by molar-refractivity contribution is -0.131. The van der Waals surface area contributed by atoms with E-state index in [2.05, 4.69) is 31.3 Å². The predicted molar refractivity (Wildman–Crippen MR) is 157 cm³/mol. The van der Waals surface area contributed by atoms with Gasteiger partial charge in [0, 0.05) is 61.5 Å². The van der Waals surface area contributed by atoms with E-state index in [1.165, 1.54) is 0 Å². The Balaban J connectivity index is 1.17. The number of H-pyrrole nitrogens is 1. The van der Waals surface area contributed by atoms with Crippen LogP contribution in [0.5, 0.6) is 0 Å². The van der Waals surface area contributed by atoms with Crippen molar-refractivity contribution in [1.82, 2.24) is 29.7 Å². The van der Waals surface area contributed by atoms with E-state index in [4.69, 9.17) is 0 Å². The van der Waals surface area contributed by atoms with Gasteiger partial charge in [-0.15, -0.1) is 0 Å². The highest BCUT2D eigenvalue weighted by Gasteiger charge is 2.24. The third-order valence-electron chi connectivity index (χ3n) is 6.99. The average Bonchev–Trinajstić information content (AvgIpc) is 3.41. The lowest BCUT2D eigenvalue weighted by atomic mass is 10.0. The second-order valence-electron chi connectivity index (χ2n) is 10.6. The zero-order valence-electron chi connectivity index (χ0n) is 23.0. The molecule has 1 aliphatic heterocycles. The molecule has 1 saturated heterocycles. The summed E-state index contributed by atoms with van der Waals surface area (Å²) >= 11 is 0. The molecule has 1 aromatic carbocycles. The number of carbonyl (C=O) groups is 2. The minimum absolute atomic E-state index is 0.0597. The second kappa shape index (κ2) is 12.7. The number of allylic oxidation sites excluding steroid dienone is 1. The number of ketones is 1. The van der Waals surface area contributed by atoms with Crippen molar-refractivity contribution in [3.8, 4) is 11.3 Å². The van der Waals surface area contributed by atoms with Gasteiger partial charge in [0.05, 0.1) is 12.1 Å². The third kappa shape index (κ3) is 7.18. The van der Waals surface area contributed by atoms with Crippen molar-refractivity contribution in [2.24, 2.45) is 0 Å². The zero-order valence-corrected chi connectivity index (χ0v) is 23.0. The van der Waals surface area contributed by atoms with E-state index in [1.807, 2.05) is 72.6 Å². The van der Waals surface area contributed by atoms with E-state index in [1.54, 1.807) is 18.6 Å². The number of amides is 1. The molecule has 5 rings (SSSR count). The Morgan fingerprint density at radius 3 is 2.80 bits per heavy atom. The zero-order chi connectivity index (χ0) is 27.9. The molecule has 0 spiro atoms. The fourth-order valence-corrected chi connectivity index (χ4v) is 5.00. The Morgan fingerprint density at radius 2 is 1.95 bits per heavy atom. The number of aromatic amines is 1. The number of hydrogen-bond donors (Lipinski definition) is 2. The van der Waals surface area contributed by atoms with Crippen LogP contribution in [0.25, 0.3) is 22.3 Å². The Kier molecular flexibility index (Phi) is 8.61. The number of nitrogens with one attached hydrogen (secondary N) is 2. The summed E-state index contributed by atoms with van der Waals surface area (Å²) in [7, 11) is 3.93. The van der Waals surface area contributed by atoms with Crippen LogP contribution in [0, 0.1) is 0 Å². The summed E-state index contributed by atoms with van der Waals surface area (Å²) in [5, 5.41) is 4.54. The highest BCUT2D eigenvalue weighted by atomic mass is 16.2. The number of aromatic nitrogens is 4. The van der Waals surface area contributed by atoms with E-state index < -0.39 is 0 Å². The molecular formula is C31H35N7O2. The highest BCUT2D eigenvalue weighted by Crippen LogP contribution is 2.23. The smallest absolute Gasteiger partial charge is 0.227 e. The molecule has 1 atom stereocenters. The van der Waals surface area contributed by atoms with E-state index >= 15 is 0 Å². The number of hydrogen-bond acceptors (Lipinski definition) is 7. The van der Waals surface area contributed by atoms with Crippen molar-refractivity contribution < 1.29 is 9.59 Å². The van der Waals surface area contributed by atoms with E-state index in [9.17, 15) is 9.59 Å². The number of fused-ring (bicyclic) bond motifs is 1. The van der Waals surface area contributed by atoms with Crippen molar-refractivity contribution in [2.75, 3.05) is 39.0 Å². The molecule has 4 aromatic rings. The van der Waals surface area contributed by atoms with Crippen molar-refractivity contribution >= 4 is 28.5 Å². The summed E-state index contributed by atoms with van der Waals surface area (Å²) in [6, 6.07) is 13.9. The van der Waals surface area contributed by atoms with Gasteiger partial charge in [-0.2, -0.15) is 0 Å². The largest absolute Gasteiger partial charge is 0.365 e. The number of likely N-dealkylation sites (N-methyl/N-ethyl adjacent to an activating group) is 1. The van der Waals surface area contributed by atoms with Crippen LogP contribution < -0.4 is 5.32 Å². The summed E-state index contributed by atoms with van der Waals surface area (Å²) in [6.45, 7) is 2.08. The van der Waals surface area contributed by atoms with Gasteiger partial charge in [-0.3, -0.25) is 9.59 Å². The van der Waals surface area contributed by atoms with Crippen LogP contribution in [-0.4, -0.2) is 81.2 Å². The predicted octanol–water partition coefficient (Wildman–Crippen LogP) is 3.89. The maximum absolute atomic E-state index is 13.2. The SMILES string of the molecule is CN(C)C/C=C/C(=O)Cc1cccc(CC(=O)N2CCCC(Nc3cc(-c4cnc5[nH]ccc5c4)ncn3)C2)c1. The molecule has 40 heavy (non-hydrogen) atoms. The lowest BCUT2D eigenvalue weighted by Crippen LogP contribution is -2.45. The van der Waals surface area contributed by atoms with Gasteiger partial charge in [-0.25, -0.2) is 15.0 Å². The average molecular weight is 538 g/mol. The Bertz CT molecular complexity index is 1510. The summed E-state index contributed by atoms with van der Waals surface area (Å²) in [4.78, 5) is 45.9. The van der Waals surface area contributed by atoms with Crippen molar-refractivity contribution in [3.05, 3.63) is 84.5 Å². The van der Waals surface area contributed by atoms with Gasteiger partial charge in [-0.1, -0.05) is 30.3 Å². The van der Waals surface area contributed by atoms with Gasteiger partial charge >= 0.3 is 0 Å². The van der Waals surface area contributed by atoms with Crippen molar-refractivity contribution in [3.63, 3.8) is 0 Å². The van der Waals surface area contributed by atoms with Gasteiger partial charge in [0.2, 0.25) is 5.91 Å². The Morgan fingerprint density at radius 1 is 1.10 bits per heavy atom. The molecule has 1 fully saturated rings. The monoisotopic (exact) mass is 537 g/mol. The van der Waals surface area contributed by atoms with E-state index in [0.717, 1.165) is 65.2 Å². The Hall–Kier alpha value is -4.37. The number of pyridine rings is 1. The fraction of sp³-hybridized carbons (Fsp3) is 0.323. The number of benzene rings is 1. The molecule has 0 aliphatic carbocycles. The topological polar surface area (TPSA) is 107 Å². The number of carbonyl (C=O) groups excluding carboxylic acids is 2. The third-order valence-corrected chi connectivity index (χ3v) is 6.99. The maximum atomic E-state index is 13.2. The van der Waals surface area contributed by atoms with Gasteiger partial charge in [0.1, 0.15) is 17.8 Å².